The van der Waals surface area contributed by atoms with E-state index in [9.17, 15) is 0 Å². The summed E-state index contributed by atoms with van der Waals surface area (Å²) in [7, 11) is 1.93. The third-order valence-electron chi connectivity index (χ3n) is 3.57. The van der Waals surface area contributed by atoms with Crippen molar-refractivity contribution >= 4 is 11.6 Å². The SMILES string of the molecule is CCNCc1cnn(Cc2c(Cl)c(CC)nn2C)c1C. The molecule has 110 valence electrons. The fourth-order valence-corrected chi connectivity index (χ4v) is 2.56. The van der Waals surface area contributed by atoms with Gasteiger partial charge >= 0.3 is 0 Å². The van der Waals surface area contributed by atoms with Crippen LogP contribution >= 0.6 is 11.6 Å². The first-order chi connectivity index (χ1) is 9.58. The summed E-state index contributed by atoms with van der Waals surface area (Å²) in [5, 5.41) is 13.0. The van der Waals surface area contributed by atoms with Gasteiger partial charge < -0.3 is 5.32 Å². The second-order valence-corrected chi connectivity index (χ2v) is 5.26. The lowest BCUT2D eigenvalue weighted by atomic mass is 10.2. The molecule has 0 saturated heterocycles. The topological polar surface area (TPSA) is 47.7 Å². The van der Waals surface area contributed by atoms with Crippen molar-refractivity contribution in [2.45, 2.75) is 40.3 Å². The van der Waals surface area contributed by atoms with Crippen LogP contribution in [0, 0.1) is 6.92 Å². The van der Waals surface area contributed by atoms with Gasteiger partial charge in [0.1, 0.15) is 0 Å². The molecule has 1 N–H and O–H groups in total. The van der Waals surface area contributed by atoms with Crippen molar-refractivity contribution in [2.75, 3.05) is 6.54 Å². The zero-order chi connectivity index (χ0) is 14.7. The van der Waals surface area contributed by atoms with Gasteiger partial charge in [0.2, 0.25) is 0 Å². The summed E-state index contributed by atoms with van der Waals surface area (Å²) in [5.41, 5.74) is 4.34. The molecule has 0 aliphatic rings. The Kier molecular flexibility index (Phi) is 4.83. The number of nitrogens with one attached hydrogen (secondary N) is 1. The Bertz CT molecular complexity index is 585. The van der Waals surface area contributed by atoms with Crippen molar-refractivity contribution in [3.8, 4) is 0 Å². The Labute approximate surface area is 124 Å². The monoisotopic (exact) mass is 295 g/mol. The van der Waals surface area contributed by atoms with E-state index in [1.165, 1.54) is 11.3 Å². The highest BCUT2D eigenvalue weighted by molar-refractivity contribution is 6.31. The molecule has 0 aromatic carbocycles. The molecule has 2 aromatic heterocycles. The predicted molar refractivity (Wildman–Crippen MR) is 81.0 cm³/mol. The minimum Gasteiger partial charge on any atom is -0.313 e. The van der Waals surface area contributed by atoms with Gasteiger partial charge in [-0.25, -0.2) is 0 Å². The fraction of sp³-hybridized carbons (Fsp3) is 0.571. The van der Waals surface area contributed by atoms with Gasteiger partial charge in [-0.15, -0.1) is 0 Å². The number of nitrogens with zero attached hydrogens (tertiary/aromatic N) is 4. The summed E-state index contributed by atoms with van der Waals surface area (Å²) < 4.78 is 3.83. The summed E-state index contributed by atoms with van der Waals surface area (Å²) in [6.07, 6.45) is 2.76. The van der Waals surface area contributed by atoms with Crippen LogP contribution in [0.4, 0.5) is 0 Å². The molecule has 6 heteroatoms. The van der Waals surface area contributed by atoms with E-state index in [1.54, 1.807) is 0 Å². The van der Waals surface area contributed by atoms with Gasteiger partial charge in [0.05, 0.1) is 29.2 Å². The van der Waals surface area contributed by atoms with Crippen molar-refractivity contribution in [1.82, 2.24) is 24.9 Å². The van der Waals surface area contributed by atoms with E-state index < -0.39 is 0 Å². The molecule has 0 spiro atoms. The Morgan fingerprint density at radius 1 is 1.35 bits per heavy atom. The molecule has 0 atom stereocenters. The maximum atomic E-state index is 6.39. The number of rotatable bonds is 6. The molecule has 5 nitrogen and oxygen atoms in total. The molecule has 2 heterocycles. The Morgan fingerprint density at radius 2 is 2.10 bits per heavy atom. The third-order valence-corrected chi connectivity index (χ3v) is 4.01. The minimum atomic E-state index is 0.653. The number of hydrogen-bond donors (Lipinski definition) is 1. The predicted octanol–water partition coefficient (Wildman–Crippen LogP) is 2.30. The van der Waals surface area contributed by atoms with Crippen molar-refractivity contribution < 1.29 is 0 Å². The van der Waals surface area contributed by atoms with E-state index in [1.807, 2.05) is 22.6 Å². The molecule has 2 aromatic rings. The molecule has 0 saturated carbocycles. The lowest BCUT2D eigenvalue weighted by Crippen LogP contribution is -2.13. The minimum absolute atomic E-state index is 0.653. The van der Waals surface area contributed by atoms with Gasteiger partial charge in [-0.2, -0.15) is 10.2 Å². The highest BCUT2D eigenvalue weighted by Crippen LogP contribution is 2.22. The maximum absolute atomic E-state index is 6.39. The van der Waals surface area contributed by atoms with E-state index in [0.29, 0.717) is 6.54 Å². The van der Waals surface area contributed by atoms with Gasteiger partial charge in [-0.1, -0.05) is 25.4 Å². The number of hydrogen-bond acceptors (Lipinski definition) is 3. The molecule has 0 aliphatic heterocycles. The summed E-state index contributed by atoms with van der Waals surface area (Å²) in [5.74, 6) is 0. The van der Waals surface area contributed by atoms with Crippen molar-refractivity contribution in [1.29, 1.82) is 0 Å². The van der Waals surface area contributed by atoms with Crippen molar-refractivity contribution in [2.24, 2.45) is 7.05 Å². The molecular formula is C14H22ClN5. The lowest BCUT2D eigenvalue weighted by Gasteiger charge is -2.07. The first kappa shape index (κ1) is 15.1. The fourth-order valence-electron chi connectivity index (χ4n) is 2.21. The van der Waals surface area contributed by atoms with Gasteiger partial charge in [0.15, 0.2) is 0 Å². The molecule has 0 aliphatic carbocycles. The largest absolute Gasteiger partial charge is 0.313 e. The van der Waals surface area contributed by atoms with Crippen LogP contribution in [0.2, 0.25) is 5.02 Å². The van der Waals surface area contributed by atoms with Crippen LogP contribution in [0.1, 0.15) is 36.5 Å². The van der Waals surface area contributed by atoms with E-state index in [-0.39, 0.29) is 0 Å². The molecule has 2 rings (SSSR count). The molecule has 0 bridgehead atoms. The molecule has 20 heavy (non-hydrogen) atoms. The van der Waals surface area contributed by atoms with Crippen LogP contribution in [-0.2, 0) is 26.6 Å². The average Bonchev–Trinajstić information content (AvgIpc) is 2.92. The molecule has 0 amide bonds. The van der Waals surface area contributed by atoms with Crippen LogP contribution in [0.5, 0.6) is 0 Å². The first-order valence-electron chi connectivity index (χ1n) is 7.00. The second-order valence-electron chi connectivity index (χ2n) is 4.88. The lowest BCUT2D eigenvalue weighted by molar-refractivity contribution is 0.604. The highest BCUT2D eigenvalue weighted by Gasteiger charge is 2.15. The van der Waals surface area contributed by atoms with Crippen LogP contribution in [0.15, 0.2) is 6.20 Å². The molecule has 0 unspecified atom stereocenters. The van der Waals surface area contributed by atoms with Crippen LogP contribution in [-0.4, -0.2) is 26.1 Å². The molecular weight excluding hydrogens is 274 g/mol. The summed E-state index contributed by atoms with van der Waals surface area (Å²) >= 11 is 6.39. The average molecular weight is 296 g/mol. The van der Waals surface area contributed by atoms with Crippen molar-refractivity contribution in [3.63, 3.8) is 0 Å². The zero-order valence-electron chi connectivity index (χ0n) is 12.6. The Balaban J connectivity index is 2.22. The van der Waals surface area contributed by atoms with E-state index in [2.05, 4.69) is 36.3 Å². The van der Waals surface area contributed by atoms with Gasteiger partial charge in [0.25, 0.3) is 0 Å². The Hall–Kier alpha value is -1.33. The second kappa shape index (κ2) is 6.41. The first-order valence-corrected chi connectivity index (χ1v) is 7.38. The number of halogens is 1. The zero-order valence-corrected chi connectivity index (χ0v) is 13.3. The highest BCUT2D eigenvalue weighted by atomic mass is 35.5. The normalized spacial score (nSPS) is 11.2. The van der Waals surface area contributed by atoms with Gasteiger partial charge in [-0.05, 0) is 19.9 Å². The summed E-state index contributed by atoms with van der Waals surface area (Å²) in [4.78, 5) is 0. The summed E-state index contributed by atoms with van der Waals surface area (Å²) in [6, 6.07) is 0. The maximum Gasteiger partial charge on any atom is 0.0869 e. The number of aryl methyl sites for hydroxylation is 2. The smallest absolute Gasteiger partial charge is 0.0869 e. The summed E-state index contributed by atoms with van der Waals surface area (Å²) in [6.45, 7) is 8.71. The standard InChI is InChI=1S/C14H22ClN5/c1-5-12-14(15)13(19(4)18-12)9-20-10(3)11(8-17-20)7-16-6-2/h8,16H,5-7,9H2,1-4H3. The number of aromatic nitrogens is 4. The molecule has 0 radical (unpaired) electrons. The van der Waals surface area contributed by atoms with Crippen LogP contribution < -0.4 is 5.32 Å². The van der Waals surface area contributed by atoms with E-state index >= 15 is 0 Å². The van der Waals surface area contributed by atoms with E-state index in [4.69, 9.17) is 11.6 Å². The van der Waals surface area contributed by atoms with E-state index in [0.717, 1.165) is 35.9 Å². The van der Waals surface area contributed by atoms with Crippen LogP contribution in [0.3, 0.4) is 0 Å². The Morgan fingerprint density at radius 3 is 2.70 bits per heavy atom. The van der Waals surface area contributed by atoms with Gasteiger partial charge in [0, 0.05) is 24.8 Å². The van der Waals surface area contributed by atoms with Crippen molar-refractivity contribution in [3.05, 3.63) is 33.9 Å². The van der Waals surface area contributed by atoms with Crippen LogP contribution in [0.25, 0.3) is 0 Å². The molecule has 0 fully saturated rings. The third kappa shape index (κ3) is 2.88. The quantitative estimate of drug-likeness (QED) is 0.889. The van der Waals surface area contributed by atoms with Gasteiger partial charge in [-0.3, -0.25) is 9.36 Å².